The fourth-order valence-corrected chi connectivity index (χ4v) is 2.66. The Bertz CT molecular complexity index is 642. The smallest absolute Gasteiger partial charge is 0.335 e. The third-order valence-electron chi connectivity index (χ3n) is 2.51. The summed E-state index contributed by atoms with van der Waals surface area (Å²) in [5.74, 6) is -1.04. The van der Waals surface area contributed by atoms with Gasteiger partial charge in [-0.1, -0.05) is 58.5 Å². The Labute approximate surface area is 129 Å². The molecule has 2 rings (SSSR count). The van der Waals surface area contributed by atoms with Crippen molar-refractivity contribution in [1.29, 1.82) is 0 Å². The molecule has 0 radical (unpaired) electrons. The molecule has 0 spiro atoms. The van der Waals surface area contributed by atoms with E-state index in [4.69, 9.17) is 51.5 Å². The summed E-state index contributed by atoms with van der Waals surface area (Å²) in [5.41, 5.74) is 1.09. The van der Waals surface area contributed by atoms with Gasteiger partial charge in [-0.15, -0.1) is 0 Å². The predicted molar refractivity (Wildman–Crippen MR) is 78.9 cm³/mol. The molecule has 1 N–H and O–H groups in total. The van der Waals surface area contributed by atoms with Crippen LogP contribution in [-0.2, 0) is 0 Å². The van der Waals surface area contributed by atoms with E-state index in [2.05, 4.69) is 0 Å². The van der Waals surface area contributed by atoms with Crippen molar-refractivity contribution in [3.63, 3.8) is 0 Å². The average Bonchev–Trinajstić information content (AvgIpc) is 2.37. The van der Waals surface area contributed by atoms with Crippen molar-refractivity contribution in [2.45, 2.75) is 0 Å². The first kappa shape index (κ1) is 14.5. The average molecular weight is 336 g/mol. The van der Waals surface area contributed by atoms with Gasteiger partial charge in [-0.05, 0) is 23.8 Å². The van der Waals surface area contributed by atoms with Crippen molar-refractivity contribution in [1.82, 2.24) is 0 Å². The van der Waals surface area contributed by atoms with E-state index in [9.17, 15) is 4.79 Å². The third-order valence-corrected chi connectivity index (χ3v) is 4.08. The lowest BCUT2D eigenvalue weighted by Crippen LogP contribution is -1.96. The summed E-state index contributed by atoms with van der Waals surface area (Å²) in [7, 11) is 0. The van der Waals surface area contributed by atoms with Crippen LogP contribution in [0.3, 0.4) is 0 Å². The highest BCUT2D eigenvalue weighted by molar-refractivity contribution is 6.50. The van der Waals surface area contributed by atoms with E-state index in [1.807, 2.05) is 0 Å². The van der Waals surface area contributed by atoms with E-state index in [0.29, 0.717) is 11.1 Å². The molecule has 2 aromatic carbocycles. The molecule has 98 valence electrons. The zero-order valence-electron chi connectivity index (χ0n) is 9.25. The van der Waals surface area contributed by atoms with Gasteiger partial charge in [0.05, 0.1) is 25.7 Å². The van der Waals surface area contributed by atoms with Crippen LogP contribution < -0.4 is 0 Å². The van der Waals surface area contributed by atoms with Crippen molar-refractivity contribution in [3.8, 4) is 11.1 Å². The predicted octanol–water partition coefficient (Wildman–Crippen LogP) is 5.67. The first-order chi connectivity index (χ1) is 8.91. The molecular formula is C13H6Cl4O2. The van der Waals surface area contributed by atoms with E-state index in [1.54, 1.807) is 12.1 Å². The van der Waals surface area contributed by atoms with Crippen LogP contribution in [0.25, 0.3) is 11.1 Å². The van der Waals surface area contributed by atoms with Gasteiger partial charge in [0.2, 0.25) is 0 Å². The molecule has 0 aliphatic heterocycles. The first-order valence-corrected chi connectivity index (χ1v) is 6.59. The van der Waals surface area contributed by atoms with Crippen LogP contribution in [0.2, 0.25) is 20.1 Å². The molecule has 0 saturated heterocycles. The first-order valence-electron chi connectivity index (χ1n) is 5.08. The summed E-state index contributed by atoms with van der Waals surface area (Å²) < 4.78 is 0. The highest BCUT2D eigenvalue weighted by Crippen LogP contribution is 2.43. The Morgan fingerprint density at radius 2 is 1.53 bits per heavy atom. The summed E-state index contributed by atoms with van der Waals surface area (Å²) in [6, 6.07) is 7.66. The van der Waals surface area contributed by atoms with Crippen molar-refractivity contribution in [2.75, 3.05) is 0 Å². The Morgan fingerprint density at radius 1 is 0.947 bits per heavy atom. The van der Waals surface area contributed by atoms with Gasteiger partial charge in [-0.3, -0.25) is 0 Å². The van der Waals surface area contributed by atoms with Gasteiger partial charge in [-0.2, -0.15) is 0 Å². The minimum Gasteiger partial charge on any atom is -0.478 e. The number of carboxylic acid groups (broad SMARTS) is 1. The monoisotopic (exact) mass is 334 g/mol. The molecule has 0 aromatic heterocycles. The van der Waals surface area contributed by atoms with Gasteiger partial charge >= 0.3 is 5.97 Å². The Balaban J connectivity index is 2.72. The van der Waals surface area contributed by atoms with Crippen molar-refractivity contribution < 1.29 is 9.90 Å². The lowest BCUT2D eigenvalue weighted by molar-refractivity contribution is 0.0697. The lowest BCUT2D eigenvalue weighted by Gasteiger charge is -2.11. The number of carboxylic acids is 1. The van der Waals surface area contributed by atoms with Gasteiger partial charge in [0, 0.05) is 5.56 Å². The van der Waals surface area contributed by atoms with Gasteiger partial charge in [0.1, 0.15) is 0 Å². The minimum atomic E-state index is -1.04. The lowest BCUT2D eigenvalue weighted by atomic mass is 10.0. The highest BCUT2D eigenvalue weighted by atomic mass is 35.5. The maximum absolute atomic E-state index is 11.0. The summed E-state index contributed by atoms with van der Waals surface area (Å²) in [5, 5.41) is 9.97. The van der Waals surface area contributed by atoms with Crippen LogP contribution in [0.1, 0.15) is 10.4 Å². The van der Waals surface area contributed by atoms with Crippen molar-refractivity contribution >= 4 is 52.4 Å². The van der Waals surface area contributed by atoms with Crippen LogP contribution in [-0.4, -0.2) is 11.1 Å². The molecule has 6 heteroatoms. The van der Waals surface area contributed by atoms with Crippen LogP contribution in [0.5, 0.6) is 0 Å². The molecule has 0 aliphatic rings. The summed E-state index contributed by atoms with van der Waals surface area (Å²) in [6.45, 7) is 0. The minimum absolute atomic E-state index is 0.126. The number of halogens is 4. The second kappa shape index (κ2) is 5.59. The van der Waals surface area contributed by atoms with Crippen LogP contribution in [0.15, 0.2) is 30.3 Å². The van der Waals surface area contributed by atoms with Crippen molar-refractivity contribution in [2.24, 2.45) is 0 Å². The van der Waals surface area contributed by atoms with E-state index >= 15 is 0 Å². The maximum Gasteiger partial charge on any atom is 0.335 e. The maximum atomic E-state index is 11.0. The molecule has 19 heavy (non-hydrogen) atoms. The number of hydrogen-bond donors (Lipinski definition) is 1. The molecule has 0 atom stereocenters. The molecule has 2 aromatic rings. The SMILES string of the molecule is O=C(O)c1cccc(-c2c(Cl)c(Cl)cc(Cl)c2Cl)c1. The molecule has 0 aliphatic carbocycles. The van der Waals surface area contributed by atoms with E-state index in [0.717, 1.165) is 0 Å². The molecule has 0 bridgehead atoms. The Kier molecular flexibility index (Phi) is 4.26. The molecule has 2 nitrogen and oxygen atoms in total. The van der Waals surface area contributed by atoms with Crippen LogP contribution in [0.4, 0.5) is 0 Å². The van der Waals surface area contributed by atoms with Gasteiger partial charge in [0.25, 0.3) is 0 Å². The summed E-state index contributed by atoms with van der Waals surface area (Å²) >= 11 is 24.1. The topological polar surface area (TPSA) is 37.3 Å². The van der Waals surface area contributed by atoms with E-state index in [1.165, 1.54) is 18.2 Å². The Morgan fingerprint density at radius 3 is 2.05 bits per heavy atom. The normalized spacial score (nSPS) is 10.5. The van der Waals surface area contributed by atoms with Crippen molar-refractivity contribution in [3.05, 3.63) is 56.0 Å². The van der Waals surface area contributed by atoms with E-state index < -0.39 is 5.97 Å². The van der Waals surface area contributed by atoms with E-state index in [-0.39, 0.29) is 25.7 Å². The molecule has 0 amide bonds. The quantitative estimate of drug-likeness (QED) is 0.718. The number of hydrogen-bond acceptors (Lipinski definition) is 1. The molecule has 0 heterocycles. The fraction of sp³-hybridized carbons (Fsp3) is 0. The molecule has 0 fully saturated rings. The number of benzene rings is 2. The number of rotatable bonds is 2. The second-order valence-electron chi connectivity index (χ2n) is 3.73. The van der Waals surface area contributed by atoms with Crippen LogP contribution in [0, 0.1) is 0 Å². The molecule has 0 unspecified atom stereocenters. The zero-order chi connectivity index (χ0) is 14.2. The Hall–Kier alpha value is -0.930. The van der Waals surface area contributed by atoms with Gasteiger partial charge in [-0.25, -0.2) is 4.79 Å². The van der Waals surface area contributed by atoms with Gasteiger partial charge in [0.15, 0.2) is 0 Å². The molecular weight excluding hydrogens is 330 g/mol. The third kappa shape index (κ3) is 2.82. The zero-order valence-corrected chi connectivity index (χ0v) is 12.3. The summed E-state index contributed by atoms with van der Waals surface area (Å²) in [6.07, 6.45) is 0. The number of aromatic carboxylic acids is 1. The fourth-order valence-electron chi connectivity index (χ4n) is 1.63. The highest BCUT2D eigenvalue weighted by Gasteiger charge is 2.16. The van der Waals surface area contributed by atoms with Crippen LogP contribution >= 0.6 is 46.4 Å². The largest absolute Gasteiger partial charge is 0.478 e. The number of carbonyl (C=O) groups is 1. The second-order valence-corrected chi connectivity index (χ2v) is 5.30. The standard InChI is InChI=1S/C13H6Cl4O2/c14-8-5-9(15)12(17)10(11(8)16)6-2-1-3-7(4-6)13(18)19/h1-5H,(H,18,19). The summed E-state index contributed by atoms with van der Waals surface area (Å²) in [4.78, 5) is 11.0. The molecule has 0 saturated carbocycles. The van der Waals surface area contributed by atoms with Gasteiger partial charge < -0.3 is 5.11 Å².